The zero-order chi connectivity index (χ0) is 12.7. The molecule has 3 heterocycles. The van der Waals surface area contributed by atoms with Gasteiger partial charge in [-0.25, -0.2) is 9.97 Å². The van der Waals surface area contributed by atoms with Gasteiger partial charge >= 0.3 is 0 Å². The van der Waals surface area contributed by atoms with E-state index in [2.05, 4.69) is 26.3 Å². The minimum atomic E-state index is 0.564. The molecule has 0 spiro atoms. The number of fused-ring (bicyclic) bond motifs is 1. The van der Waals surface area contributed by atoms with Crippen molar-refractivity contribution in [1.29, 1.82) is 0 Å². The zero-order valence-corrected chi connectivity index (χ0v) is 12.0. The molecule has 0 bridgehead atoms. The number of hydrogen-bond acceptors (Lipinski definition) is 4. The Labute approximate surface area is 115 Å². The molecule has 0 amide bonds. The minimum absolute atomic E-state index is 0.564. The van der Waals surface area contributed by atoms with Crippen LogP contribution in [0.1, 0.15) is 21.8 Å². The summed E-state index contributed by atoms with van der Waals surface area (Å²) in [4.78, 5) is 12.5. The molecule has 18 heavy (non-hydrogen) atoms. The van der Waals surface area contributed by atoms with Gasteiger partial charge < -0.3 is 4.90 Å². The highest BCUT2D eigenvalue weighted by atomic mass is 35.5. The summed E-state index contributed by atoms with van der Waals surface area (Å²) in [6.45, 7) is 5.79. The molecule has 1 aliphatic heterocycles. The van der Waals surface area contributed by atoms with Gasteiger partial charge in [-0.1, -0.05) is 11.6 Å². The van der Waals surface area contributed by atoms with Crippen LogP contribution in [0, 0.1) is 13.8 Å². The Hall–Kier alpha value is -1.13. The average molecular weight is 280 g/mol. The van der Waals surface area contributed by atoms with Crippen molar-refractivity contribution in [1.82, 2.24) is 9.97 Å². The second kappa shape index (κ2) is 4.52. The fourth-order valence-electron chi connectivity index (χ4n) is 2.32. The molecule has 2 aromatic heterocycles. The van der Waals surface area contributed by atoms with E-state index in [0.717, 1.165) is 36.7 Å². The quantitative estimate of drug-likeness (QED) is 0.750. The van der Waals surface area contributed by atoms with Gasteiger partial charge in [-0.3, -0.25) is 0 Å². The maximum absolute atomic E-state index is 6.14. The molecule has 1 aliphatic rings. The van der Waals surface area contributed by atoms with Gasteiger partial charge in [0, 0.05) is 23.5 Å². The smallest absolute Gasteiger partial charge is 0.137 e. The van der Waals surface area contributed by atoms with Crippen molar-refractivity contribution in [2.24, 2.45) is 0 Å². The maximum Gasteiger partial charge on any atom is 0.137 e. The lowest BCUT2D eigenvalue weighted by Crippen LogP contribution is -2.31. The molecule has 0 aromatic carbocycles. The predicted octanol–water partition coefficient (Wildman–Crippen LogP) is 3.37. The van der Waals surface area contributed by atoms with E-state index in [1.165, 1.54) is 10.4 Å². The summed E-state index contributed by atoms with van der Waals surface area (Å²) in [7, 11) is 0. The van der Waals surface area contributed by atoms with Crippen LogP contribution in [0.5, 0.6) is 0 Å². The van der Waals surface area contributed by atoms with Crippen LogP contribution >= 0.6 is 22.9 Å². The van der Waals surface area contributed by atoms with Crippen molar-refractivity contribution >= 4 is 28.8 Å². The summed E-state index contributed by atoms with van der Waals surface area (Å²) in [5, 5.41) is 2.73. The molecular weight excluding hydrogens is 266 g/mol. The molecule has 2 aromatic rings. The number of thiophene rings is 1. The van der Waals surface area contributed by atoms with E-state index < -0.39 is 0 Å². The Balaban J connectivity index is 1.98. The van der Waals surface area contributed by atoms with Crippen molar-refractivity contribution in [2.75, 3.05) is 11.4 Å². The van der Waals surface area contributed by atoms with Crippen LogP contribution in [-0.4, -0.2) is 16.5 Å². The van der Waals surface area contributed by atoms with Crippen molar-refractivity contribution < 1.29 is 0 Å². The molecule has 0 fully saturated rings. The molecule has 0 saturated heterocycles. The first-order chi connectivity index (χ1) is 8.65. The topological polar surface area (TPSA) is 29.0 Å². The second-order valence-electron chi connectivity index (χ2n) is 4.55. The Morgan fingerprint density at radius 2 is 2.17 bits per heavy atom. The van der Waals surface area contributed by atoms with Crippen LogP contribution in [0.25, 0.3) is 0 Å². The molecule has 0 saturated carbocycles. The molecule has 0 unspecified atom stereocenters. The number of hydrogen-bond donors (Lipinski definition) is 0. The summed E-state index contributed by atoms with van der Waals surface area (Å²) in [5.41, 5.74) is 2.39. The lowest BCUT2D eigenvalue weighted by Gasteiger charge is -2.29. The first-order valence-corrected chi connectivity index (χ1v) is 7.22. The molecule has 3 rings (SSSR count). The van der Waals surface area contributed by atoms with Crippen molar-refractivity contribution in [3.63, 3.8) is 0 Å². The summed E-state index contributed by atoms with van der Waals surface area (Å²) < 4.78 is 0. The fraction of sp³-hybridized carbons (Fsp3) is 0.385. The highest BCUT2D eigenvalue weighted by Crippen LogP contribution is 2.30. The molecule has 94 valence electrons. The second-order valence-corrected chi connectivity index (χ2v) is 5.91. The van der Waals surface area contributed by atoms with Crippen molar-refractivity contribution in [2.45, 2.75) is 26.8 Å². The lowest BCUT2D eigenvalue weighted by molar-refractivity contribution is 0.724. The molecule has 3 nitrogen and oxygen atoms in total. The Kier molecular flexibility index (Phi) is 2.99. The van der Waals surface area contributed by atoms with Crippen LogP contribution in [-0.2, 0) is 13.0 Å². The van der Waals surface area contributed by atoms with E-state index in [4.69, 9.17) is 11.6 Å². The van der Waals surface area contributed by atoms with E-state index in [0.29, 0.717) is 5.15 Å². The summed E-state index contributed by atoms with van der Waals surface area (Å²) in [6, 6.07) is 2.21. The Morgan fingerprint density at radius 1 is 1.33 bits per heavy atom. The molecular formula is C13H14ClN3S. The van der Waals surface area contributed by atoms with Gasteiger partial charge in [0.15, 0.2) is 0 Å². The number of nitrogens with zero attached hydrogens (tertiary/aromatic N) is 3. The van der Waals surface area contributed by atoms with Crippen LogP contribution in [0.4, 0.5) is 5.82 Å². The van der Waals surface area contributed by atoms with Gasteiger partial charge in [0.1, 0.15) is 16.8 Å². The third-order valence-corrected chi connectivity index (χ3v) is 4.67. The van der Waals surface area contributed by atoms with E-state index in [-0.39, 0.29) is 0 Å². The third kappa shape index (κ3) is 1.99. The Morgan fingerprint density at radius 3 is 3.00 bits per heavy atom. The van der Waals surface area contributed by atoms with E-state index in [1.54, 1.807) is 0 Å². The molecule has 0 radical (unpaired) electrons. The fourth-order valence-corrected chi connectivity index (χ4v) is 3.41. The van der Waals surface area contributed by atoms with Crippen LogP contribution in [0.2, 0.25) is 5.15 Å². The molecule has 5 heteroatoms. The number of rotatable bonds is 1. The van der Waals surface area contributed by atoms with E-state index >= 15 is 0 Å². The summed E-state index contributed by atoms with van der Waals surface area (Å²) in [6.07, 6.45) is 1.09. The predicted molar refractivity (Wildman–Crippen MR) is 75.6 cm³/mol. The van der Waals surface area contributed by atoms with Crippen molar-refractivity contribution in [3.8, 4) is 0 Å². The molecule has 0 aliphatic carbocycles. The molecule has 0 N–H and O–H groups in total. The number of aryl methyl sites for hydroxylation is 1. The van der Waals surface area contributed by atoms with Gasteiger partial charge in [0.25, 0.3) is 0 Å². The standard InChI is InChI=1S/C13H14ClN3S/c1-8-12(14)15-9(2)16-13(8)17-5-3-11-10(7-17)4-6-18-11/h4,6H,3,5,7H2,1-2H3. The van der Waals surface area contributed by atoms with E-state index in [1.807, 2.05) is 25.2 Å². The van der Waals surface area contributed by atoms with Crippen LogP contribution in [0.3, 0.4) is 0 Å². The zero-order valence-electron chi connectivity index (χ0n) is 10.4. The van der Waals surface area contributed by atoms with Gasteiger partial charge in [0.2, 0.25) is 0 Å². The maximum atomic E-state index is 6.14. The van der Waals surface area contributed by atoms with Gasteiger partial charge in [0.05, 0.1) is 0 Å². The third-order valence-electron chi connectivity index (χ3n) is 3.28. The highest BCUT2D eigenvalue weighted by Gasteiger charge is 2.21. The number of halogens is 1. The number of anilines is 1. The Bertz CT molecular complexity index is 594. The van der Waals surface area contributed by atoms with Gasteiger partial charge in [-0.05, 0) is 37.3 Å². The normalized spacial score (nSPS) is 14.7. The van der Waals surface area contributed by atoms with Gasteiger partial charge in [-0.15, -0.1) is 11.3 Å². The van der Waals surface area contributed by atoms with Crippen LogP contribution < -0.4 is 4.90 Å². The first-order valence-electron chi connectivity index (χ1n) is 5.96. The van der Waals surface area contributed by atoms with Crippen LogP contribution in [0.15, 0.2) is 11.4 Å². The van der Waals surface area contributed by atoms with E-state index in [9.17, 15) is 0 Å². The van der Waals surface area contributed by atoms with Gasteiger partial charge in [-0.2, -0.15) is 0 Å². The lowest BCUT2D eigenvalue weighted by atomic mass is 10.1. The average Bonchev–Trinajstić information content (AvgIpc) is 2.80. The monoisotopic (exact) mass is 279 g/mol. The van der Waals surface area contributed by atoms with Crippen molar-refractivity contribution in [3.05, 3.63) is 38.4 Å². The molecule has 0 atom stereocenters. The largest absolute Gasteiger partial charge is 0.352 e. The highest BCUT2D eigenvalue weighted by molar-refractivity contribution is 7.10. The summed E-state index contributed by atoms with van der Waals surface area (Å²) >= 11 is 7.99. The summed E-state index contributed by atoms with van der Waals surface area (Å²) in [5.74, 6) is 1.71. The number of aromatic nitrogens is 2. The minimum Gasteiger partial charge on any atom is -0.352 e. The first kappa shape index (κ1) is 11.9. The SMILES string of the molecule is Cc1nc(Cl)c(C)c(N2CCc3sccc3C2)n1.